The molecule has 1 aromatic carbocycles. The summed E-state index contributed by atoms with van der Waals surface area (Å²) in [7, 11) is 1.54. The second kappa shape index (κ2) is 6.09. The molecule has 4 heteroatoms. The quantitative estimate of drug-likeness (QED) is 0.798. The molecule has 0 atom stereocenters. The molecule has 0 radical (unpaired) electrons. The molecule has 1 rings (SSSR count). The van der Waals surface area contributed by atoms with Gasteiger partial charge in [0.05, 0.1) is 18.4 Å². The zero-order chi connectivity index (χ0) is 12.0. The number of benzene rings is 1. The summed E-state index contributed by atoms with van der Waals surface area (Å²) in [5, 5.41) is 9.33. The lowest BCUT2D eigenvalue weighted by atomic mass is 10.2. The van der Waals surface area contributed by atoms with E-state index in [2.05, 4.69) is 11.8 Å². The van der Waals surface area contributed by atoms with Crippen molar-refractivity contribution in [2.45, 2.75) is 6.92 Å². The highest BCUT2D eigenvalue weighted by Crippen LogP contribution is 2.21. The van der Waals surface area contributed by atoms with E-state index in [0.29, 0.717) is 17.1 Å². The number of hydrogen-bond acceptors (Lipinski definition) is 4. The average Bonchev–Trinajstić information content (AvgIpc) is 2.24. The number of carbonyl (C=O) groups excluding carboxylic acids is 1. The number of ether oxygens (including phenoxy) is 1. The van der Waals surface area contributed by atoms with Crippen LogP contribution in [0.4, 0.5) is 0 Å². The molecule has 0 bridgehead atoms. The highest BCUT2D eigenvalue weighted by molar-refractivity contribution is 8.13. The van der Waals surface area contributed by atoms with Crippen LogP contribution in [-0.2, 0) is 4.79 Å². The van der Waals surface area contributed by atoms with Crippen molar-refractivity contribution in [3.05, 3.63) is 23.8 Å². The Kier molecular flexibility index (Phi) is 4.74. The largest absolute Gasteiger partial charge is 0.508 e. The molecular formula is C12H12O3S. The number of phenolic OH excluding ortho intramolecular Hbond substituents is 1. The van der Waals surface area contributed by atoms with Gasteiger partial charge in [0.25, 0.3) is 0 Å². The minimum atomic E-state index is 0.0390. The van der Waals surface area contributed by atoms with Gasteiger partial charge in [-0.2, -0.15) is 0 Å². The third-order valence-electron chi connectivity index (χ3n) is 1.75. The summed E-state index contributed by atoms with van der Waals surface area (Å²) >= 11 is 1.15. The van der Waals surface area contributed by atoms with Crippen molar-refractivity contribution in [2.24, 2.45) is 0 Å². The molecule has 0 saturated heterocycles. The molecule has 0 aromatic heterocycles. The van der Waals surface area contributed by atoms with Gasteiger partial charge in [0.1, 0.15) is 11.5 Å². The van der Waals surface area contributed by atoms with Crippen molar-refractivity contribution in [1.82, 2.24) is 0 Å². The second-order valence-corrected chi connectivity index (χ2v) is 4.12. The first-order valence-electron chi connectivity index (χ1n) is 4.62. The monoisotopic (exact) mass is 236 g/mol. The van der Waals surface area contributed by atoms with Gasteiger partial charge in [-0.05, 0) is 18.2 Å². The summed E-state index contributed by atoms with van der Waals surface area (Å²) in [6.07, 6.45) is 0. The van der Waals surface area contributed by atoms with E-state index in [-0.39, 0.29) is 10.9 Å². The predicted molar refractivity (Wildman–Crippen MR) is 64.7 cm³/mol. The highest BCUT2D eigenvalue weighted by atomic mass is 32.2. The molecule has 0 unspecified atom stereocenters. The van der Waals surface area contributed by atoms with Gasteiger partial charge in [-0.1, -0.05) is 23.6 Å². The summed E-state index contributed by atoms with van der Waals surface area (Å²) in [5.74, 6) is 6.88. The molecular weight excluding hydrogens is 224 g/mol. The molecule has 0 aliphatic heterocycles. The van der Waals surface area contributed by atoms with E-state index in [4.69, 9.17) is 4.74 Å². The molecule has 16 heavy (non-hydrogen) atoms. The zero-order valence-corrected chi connectivity index (χ0v) is 9.93. The number of carbonyl (C=O) groups is 1. The number of hydrogen-bond donors (Lipinski definition) is 1. The van der Waals surface area contributed by atoms with Gasteiger partial charge in [-0.25, -0.2) is 0 Å². The Hall–Kier alpha value is -1.60. The lowest BCUT2D eigenvalue weighted by Crippen LogP contribution is -1.87. The van der Waals surface area contributed by atoms with Crippen molar-refractivity contribution >= 4 is 16.9 Å². The van der Waals surface area contributed by atoms with Crippen LogP contribution in [0.15, 0.2) is 18.2 Å². The van der Waals surface area contributed by atoms with Crippen LogP contribution >= 0.6 is 11.8 Å². The van der Waals surface area contributed by atoms with E-state index in [9.17, 15) is 9.90 Å². The number of aromatic hydroxyl groups is 1. The molecule has 3 nitrogen and oxygen atoms in total. The van der Waals surface area contributed by atoms with Crippen LogP contribution in [-0.4, -0.2) is 23.1 Å². The van der Waals surface area contributed by atoms with Crippen LogP contribution in [0, 0.1) is 11.8 Å². The summed E-state index contributed by atoms with van der Waals surface area (Å²) in [6, 6.07) is 4.72. The maximum Gasteiger partial charge on any atom is 0.186 e. The van der Waals surface area contributed by atoms with Gasteiger partial charge in [-0.15, -0.1) is 0 Å². The van der Waals surface area contributed by atoms with Crippen LogP contribution in [0.3, 0.4) is 0 Å². The Morgan fingerprint density at radius 2 is 2.31 bits per heavy atom. The SMILES string of the molecule is COc1ccc(O)cc1C#CCSC(C)=O. The normalized spacial score (nSPS) is 9.12. The summed E-state index contributed by atoms with van der Waals surface area (Å²) in [6.45, 7) is 1.50. The fraction of sp³-hybridized carbons (Fsp3) is 0.250. The van der Waals surface area contributed by atoms with Crippen molar-refractivity contribution in [1.29, 1.82) is 0 Å². The Morgan fingerprint density at radius 1 is 1.56 bits per heavy atom. The van der Waals surface area contributed by atoms with Crippen LogP contribution < -0.4 is 4.74 Å². The van der Waals surface area contributed by atoms with Gasteiger partial charge in [0, 0.05) is 6.92 Å². The van der Waals surface area contributed by atoms with Gasteiger partial charge in [0.2, 0.25) is 0 Å². The van der Waals surface area contributed by atoms with Crippen LogP contribution in [0.25, 0.3) is 0 Å². The lowest BCUT2D eigenvalue weighted by Gasteiger charge is -2.02. The zero-order valence-electron chi connectivity index (χ0n) is 9.11. The Balaban J connectivity index is 2.78. The smallest absolute Gasteiger partial charge is 0.186 e. The first-order valence-corrected chi connectivity index (χ1v) is 5.61. The van der Waals surface area contributed by atoms with E-state index in [1.54, 1.807) is 13.2 Å². The Labute approximate surface area is 98.8 Å². The molecule has 0 spiro atoms. The van der Waals surface area contributed by atoms with Gasteiger partial charge >= 0.3 is 0 Å². The number of rotatable bonds is 2. The lowest BCUT2D eigenvalue weighted by molar-refractivity contribution is -0.109. The Bertz CT molecular complexity index is 443. The van der Waals surface area contributed by atoms with E-state index >= 15 is 0 Å². The fourth-order valence-electron chi connectivity index (χ4n) is 1.06. The minimum absolute atomic E-state index is 0.0390. The first-order chi connectivity index (χ1) is 7.63. The van der Waals surface area contributed by atoms with Gasteiger partial charge in [-0.3, -0.25) is 4.79 Å². The molecule has 0 aliphatic rings. The molecule has 1 aromatic rings. The molecule has 0 saturated carbocycles. The molecule has 0 amide bonds. The molecule has 0 aliphatic carbocycles. The first kappa shape index (κ1) is 12.5. The second-order valence-electron chi connectivity index (χ2n) is 2.97. The van der Waals surface area contributed by atoms with Crippen molar-refractivity contribution in [2.75, 3.05) is 12.9 Å². The summed E-state index contributed by atoms with van der Waals surface area (Å²) in [4.78, 5) is 10.7. The van der Waals surface area contributed by atoms with Gasteiger partial charge in [0.15, 0.2) is 5.12 Å². The van der Waals surface area contributed by atoms with Crippen LogP contribution in [0.2, 0.25) is 0 Å². The minimum Gasteiger partial charge on any atom is -0.508 e. The average molecular weight is 236 g/mol. The Morgan fingerprint density at radius 3 is 2.94 bits per heavy atom. The van der Waals surface area contributed by atoms with Crippen LogP contribution in [0.1, 0.15) is 12.5 Å². The van der Waals surface area contributed by atoms with Crippen LogP contribution in [0.5, 0.6) is 11.5 Å². The van der Waals surface area contributed by atoms with E-state index < -0.39 is 0 Å². The van der Waals surface area contributed by atoms with Crippen molar-refractivity contribution in [3.8, 4) is 23.3 Å². The maximum atomic E-state index is 10.7. The van der Waals surface area contributed by atoms with Crippen molar-refractivity contribution < 1.29 is 14.6 Å². The third-order valence-corrected chi connectivity index (χ3v) is 2.45. The van der Waals surface area contributed by atoms with E-state index in [0.717, 1.165) is 11.8 Å². The molecule has 0 heterocycles. The topological polar surface area (TPSA) is 46.5 Å². The number of phenols is 1. The molecule has 0 fully saturated rings. The van der Waals surface area contributed by atoms with Gasteiger partial charge < -0.3 is 9.84 Å². The standard InChI is InChI=1S/C12H12O3S/c1-9(13)16-7-3-4-10-8-11(14)5-6-12(10)15-2/h5-6,8,14H,7H2,1-2H3. The number of thioether (sulfide) groups is 1. The van der Waals surface area contributed by atoms with Crippen molar-refractivity contribution in [3.63, 3.8) is 0 Å². The fourth-order valence-corrected chi connectivity index (χ4v) is 1.41. The predicted octanol–water partition coefficient (Wildman–Crippen LogP) is 2.03. The molecule has 84 valence electrons. The highest BCUT2D eigenvalue weighted by Gasteiger charge is 2.00. The maximum absolute atomic E-state index is 10.7. The van der Waals surface area contributed by atoms with E-state index in [1.807, 2.05) is 0 Å². The third kappa shape index (κ3) is 3.87. The number of methoxy groups -OCH3 is 1. The molecule has 1 N–H and O–H groups in total. The summed E-state index contributed by atoms with van der Waals surface area (Å²) < 4.78 is 5.09. The summed E-state index contributed by atoms with van der Waals surface area (Å²) in [5.41, 5.74) is 0.617. The van der Waals surface area contributed by atoms with E-state index in [1.165, 1.54) is 19.1 Å².